The summed E-state index contributed by atoms with van der Waals surface area (Å²) in [5, 5.41) is 7.22. The molecule has 1 aromatic carbocycles. The van der Waals surface area contributed by atoms with Gasteiger partial charge >= 0.3 is 0 Å². The van der Waals surface area contributed by atoms with Gasteiger partial charge in [-0.05, 0) is 12.0 Å². The molecule has 0 radical (unpaired) electrons. The minimum atomic E-state index is -0.459. The molecule has 0 aliphatic rings. The van der Waals surface area contributed by atoms with Crippen LogP contribution in [0.4, 0.5) is 4.39 Å². The van der Waals surface area contributed by atoms with E-state index in [0.29, 0.717) is 18.1 Å². The molecule has 88 valence electrons. The fraction of sp³-hybridized carbons (Fsp3) is 0.417. The van der Waals surface area contributed by atoms with E-state index in [9.17, 15) is 4.39 Å². The predicted octanol–water partition coefficient (Wildman–Crippen LogP) is 2.28. The first kappa shape index (κ1) is 12.6. The molecule has 0 unspecified atom stereocenters. The molecule has 0 aliphatic carbocycles. The van der Waals surface area contributed by atoms with Crippen molar-refractivity contribution in [3.63, 3.8) is 0 Å². The normalized spacial score (nSPS) is 10.8. The van der Waals surface area contributed by atoms with Crippen LogP contribution >= 0.6 is 0 Å². The number of halogens is 1. The van der Waals surface area contributed by atoms with Crippen molar-refractivity contribution in [3.8, 4) is 0 Å². The van der Waals surface area contributed by atoms with Gasteiger partial charge in [0, 0.05) is 12.2 Å². The van der Waals surface area contributed by atoms with Crippen LogP contribution in [0.3, 0.4) is 0 Å². The Bertz CT molecular complexity index is 377. The molecular weight excluding hydrogens is 207 g/mol. The van der Waals surface area contributed by atoms with Gasteiger partial charge < -0.3 is 10.5 Å². The second kappa shape index (κ2) is 5.61. The summed E-state index contributed by atoms with van der Waals surface area (Å²) in [6, 6.07) is 4.81. The van der Waals surface area contributed by atoms with E-state index in [1.54, 1.807) is 12.1 Å². The Morgan fingerprint density at radius 3 is 2.75 bits per heavy atom. The number of nitrogens with one attached hydrogen (secondary N) is 1. The number of ether oxygens (including phenoxy) is 1. The fourth-order valence-corrected chi connectivity index (χ4v) is 1.30. The van der Waals surface area contributed by atoms with Crippen molar-refractivity contribution in [2.45, 2.75) is 20.5 Å². The number of benzene rings is 1. The molecule has 0 heterocycles. The largest absolute Gasteiger partial charge is 0.384 e. The Balaban J connectivity index is 2.73. The van der Waals surface area contributed by atoms with Gasteiger partial charge in [0.2, 0.25) is 0 Å². The second-order valence-electron chi connectivity index (χ2n) is 4.10. The van der Waals surface area contributed by atoms with Crippen LogP contribution in [0, 0.1) is 17.1 Å². The number of nitrogen functional groups attached to an aromatic ring is 1. The van der Waals surface area contributed by atoms with Gasteiger partial charge in [-0.25, -0.2) is 4.39 Å². The lowest BCUT2D eigenvalue weighted by atomic mass is 10.1. The highest BCUT2D eigenvalue weighted by atomic mass is 19.1. The minimum Gasteiger partial charge on any atom is -0.384 e. The highest BCUT2D eigenvalue weighted by Gasteiger charge is 2.10. The number of hydrogen-bond donors (Lipinski definition) is 2. The maximum atomic E-state index is 13.7. The topological polar surface area (TPSA) is 59.1 Å². The quantitative estimate of drug-likeness (QED) is 0.595. The standard InChI is InChI=1S/C12H17FN2O/c1-8(2)6-16-7-9-4-3-5-10(11(9)13)12(14)15/h3-5,8H,6-7H2,1-2H3,(H3,14,15). The van der Waals surface area contributed by atoms with Gasteiger partial charge in [0.25, 0.3) is 0 Å². The van der Waals surface area contributed by atoms with Crippen molar-refractivity contribution >= 4 is 5.84 Å². The van der Waals surface area contributed by atoms with Gasteiger partial charge in [0.1, 0.15) is 11.7 Å². The molecule has 0 aromatic heterocycles. The Kier molecular flexibility index (Phi) is 4.43. The molecule has 0 saturated heterocycles. The first-order chi connectivity index (χ1) is 7.52. The van der Waals surface area contributed by atoms with Crippen molar-refractivity contribution in [2.24, 2.45) is 11.7 Å². The van der Waals surface area contributed by atoms with Crippen molar-refractivity contribution in [1.82, 2.24) is 0 Å². The Hall–Kier alpha value is -1.42. The van der Waals surface area contributed by atoms with Crippen LogP contribution in [0.5, 0.6) is 0 Å². The SMILES string of the molecule is CC(C)COCc1cccc(C(=N)N)c1F. The summed E-state index contributed by atoms with van der Waals surface area (Å²) < 4.78 is 19.1. The van der Waals surface area contributed by atoms with E-state index in [2.05, 4.69) is 0 Å². The molecule has 0 saturated carbocycles. The lowest BCUT2D eigenvalue weighted by Gasteiger charge is -2.09. The van der Waals surface area contributed by atoms with E-state index in [0.717, 1.165) is 0 Å². The maximum absolute atomic E-state index is 13.7. The van der Waals surface area contributed by atoms with Crippen molar-refractivity contribution < 1.29 is 9.13 Å². The minimum absolute atomic E-state index is 0.130. The van der Waals surface area contributed by atoms with E-state index < -0.39 is 5.82 Å². The van der Waals surface area contributed by atoms with Gasteiger partial charge in [-0.2, -0.15) is 0 Å². The average molecular weight is 224 g/mol. The van der Waals surface area contributed by atoms with Gasteiger partial charge in [0.05, 0.1) is 12.2 Å². The van der Waals surface area contributed by atoms with Crippen LogP contribution in [0.2, 0.25) is 0 Å². The van der Waals surface area contributed by atoms with Crippen molar-refractivity contribution in [1.29, 1.82) is 5.41 Å². The van der Waals surface area contributed by atoms with E-state index in [4.69, 9.17) is 15.9 Å². The zero-order valence-electron chi connectivity index (χ0n) is 9.59. The first-order valence-corrected chi connectivity index (χ1v) is 5.22. The lowest BCUT2D eigenvalue weighted by molar-refractivity contribution is 0.0950. The molecule has 0 aliphatic heterocycles. The Morgan fingerprint density at radius 1 is 1.50 bits per heavy atom. The third-order valence-corrected chi connectivity index (χ3v) is 2.08. The summed E-state index contributed by atoms with van der Waals surface area (Å²) in [5.41, 5.74) is 5.83. The van der Waals surface area contributed by atoms with Crippen LogP contribution in [0.15, 0.2) is 18.2 Å². The van der Waals surface area contributed by atoms with Gasteiger partial charge in [-0.3, -0.25) is 5.41 Å². The summed E-state index contributed by atoms with van der Waals surface area (Å²) in [7, 11) is 0. The van der Waals surface area contributed by atoms with Crippen LogP contribution in [-0.2, 0) is 11.3 Å². The molecule has 1 aromatic rings. The second-order valence-corrected chi connectivity index (χ2v) is 4.10. The zero-order valence-corrected chi connectivity index (χ0v) is 9.59. The predicted molar refractivity (Wildman–Crippen MR) is 61.9 cm³/mol. The summed E-state index contributed by atoms with van der Waals surface area (Å²) >= 11 is 0. The Morgan fingerprint density at radius 2 is 2.19 bits per heavy atom. The van der Waals surface area contributed by atoms with Gasteiger partial charge in [-0.15, -0.1) is 0 Å². The third kappa shape index (κ3) is 3.31. The van der Waals surface area contributed by atoms with Crippen LogP contribution in [-0.4, -0.2) is 12.4 Å². The smallest absolute Gasteiger partial charge is 0.139 e. The third-order valence-electron chi connectivity index (χ3n) is 2.08. The number of rotatable bonds is 5. The van der Waals surface area contributed by atoms with E-state index in [-0.39, 0.29) is 18.0 Å². The molecular formula is C12H17FN2O. The summed E-state index contributed by atoms with van der Waals surface area (Å²) in [6.45, 7) is 4.86. The highest BCUT2D eigenvalue weighted by molar-refractivity contribution is 5.95. The first-order valence-electron chi connectivity index (χ1n) is 5.22. The number of amidine groups is 1. The molecule has 4 heteroatoms. The molecule has 3 N–H and O–H groups in total. The van der Waals surface area contributed by atoms with E-state index >= 15 is 0 Å². The van der Waals surface area contributed by atoms with Gasteiger partial charge in [-0.1, -0.05) is 26.0 Å². The Labute approximate surface area is 94.9 Å². The van der Waals surface area contributed by atoms with Crippen molar-refractivity contribution in [2.75, 3.05) is 6.61 Å². The average Bonchev–Trinajstić information content (AvgIpc) is 2.19. The highest BCUT2D eigenvalue weighted by Crippen LogP contribution is 2.13. The number of hydrogen-bond acceptors (Lipinski definition) is 2. The van der Waals surface area contributed by atoms with Crippen molar-refractivity contribution in [3.05, 3.63) is 35.1 Å². The molecule has 0 bridgehead atoms. The number of nitrogens with two attached hydrogens (primary N) is 1. The molecule has 0 atom stereocenters. The van der Waals surface area contributed by atoms with Crippen LogP contribution in [0.25, 0.3) is 0 Å². The van der Waals surface area contributed by atoms with Crippen LogP contribution < -0.4 is 5.73 Å². The molecule has 0 spiro atoms. The van der Waals surface area contributed by atoms with E-state index in [1.807, 2.05) is 13.8 Å². The fourth-order valence-electron chi connectivity index (χ4n) is 1.30. The lowest BCUT2D eigenvalue weighted by Crippen LogP contribution is -2.14. The molecule has 0 amide bonds. The molecule has 16 heavy (non-hydrogen) atoms. The molecule has 0 fully saturated rings. The summed E-state index contributed by atoms with van der Waals surface area (Å²) in [4.78, 5) is 0. The van der Waals surface area contributed by atoms with E-state index in [1.165, 1.54) is 6.07 Å². The summed E-state index contributed by atoms with van der Waals surface area (Å²) in [6.07, 6.45) is 0. The molecule has 1 rings (SSSR count). The zero-order chi connectivity index (χ0) is 12.1. The monoisotopic (exact) mass is 224 g/mol. The van der Waals surface area contributed by atoms with Gasteiger partial charge in [0.15, 0.2) is 0 Å². The maximum Gasteiger partial charge on any atom is 0.139 e. The molecule has 3 nitrogen and oxygen atoms in total. The summed E-state index contributed by atoms with van der Waals surface area (Å²) in [5.74, 6) is -0.305. The van der Waals surface area contributed by atoms with Crippen LogP contribution in [0.1, 0.15) is 25.0 Å².